The van der Waals surface area contributed by atoms with Gasteiger partial charge in [0.05, 0.1) is 27.7 Å². The van der Waals surface area contributed by atoms with Crippen LogP contribution in [0.4, 0.5) is 0 Å². The molecule has 0 N–H and O–H groups in total. The maximum atomic E-state index is 6.19. The van der Waals surface area contributed by atoms with E-state index in [1.165, 1.54) is 54.2 Å². The predicted molar refractivity (Wildman–Crippen MR) is 262 cm³/mol. The van der Waals surface area contributed by atoms with Crippen LogP contribution in [0.2, 0.25) is 39.3 Å². The molecule has 0 bridgehead atoms. The quantitative estimate of drug-likeness (QED) is 0.112. The van der Waals surface area contributed by atoms with Crippen LogP contribution in [0.15, 0.2) is 203 Å². The first-order valence-corrected chi connectivity index (χ1v) is 27.9. The normalized spacial score (nSPS) is 11.6. The van der Waals surface area contributed by atoms with E-state index in [2.05, 4.69) is 197 Å². The van der Waals surface area contributed by atoms with Gasteiger partial charge in [0.15, 0.2) is 0 Å². The predicted octanol–water partition coefficient (Wildman–Crippen LogP) is 15.4. The Hall–Kier alpha value is -5.58. The molecule has 2 heterocycles. The van der Waals surface area contributed by atoms with Gasteiger partial charge in [0.25, 0.3) is 0 Å². The van der Waals surface area contributed by atoms with E-state index in [0.717, 1.165) is 45.3 Å². The molecule has 2 nitrogen and oxygen atoms in total. The SMILES string of the molecule is C[Si](C)(C)c1ccc(-c2cccc3[cH-]c(-c4ccc(-c5ccccc5)o4)cc23)cc1.C[Si](C)(C)c1ccc(-c2cccc3[cH-]c(-c4ccc(-c5ccccc5)o4)cc23)cc1.[Zr+2]. The molecule has 5 heteroatoms. The minimum absolute atomic E-state index is 0. The molecule has 10 aromatic rings. The van der Waals surface area contributed by atoms with E-state index in [9.17, 15) is 0 Å². The summed E-state index contributed by atoms with van der Waals surface area (Å²) in [4.78, 5) is 0. The third-order valence-electron chi connectivity index (χ3n) is 11.5. The van der Waals surface area contributed by atoms with E-state index in [1.54, 1.807) is 0 Å². The van der Waals surface area contributed by atoms with Crippen molar-refractivity contribution in [2.45, 2.75) is 39.3 Å². The molecule has 10 rings (SSSR count). The van der Waals surface area contributed by atoms with Crippen molar-refractivity contribution in [2.75, 3.05) is 0 Å². The summed E-state index contributed by atoms with van der Waals surface area (Å²) in [6.07, 6.45) is 0. The average molecular weight is 902 g/mol. The van der Waals surface area contributed by atoms with Gasteiger partial charge in [-0.2, -0.15) is 0 Å². The number of benzene rings is 6. The van der Waals surface area contributed by atoms with Crippen LogP contribution in [-0.2, 0) is 26.2 Å². The monoisotopic (exact) mass is 900 g/mol. The third-order valence-corrected chi connectivity index (χ3v) is 15.7. The summed E-state index contributed by atoms with van der Waals surface area (Å²) in [6, 6.07) is 69.1. The van der Waals surface area contributed by atoms with Gasteiger partial charge in [0.1, 0.15) is 11.5 Å². The molecule has 0 aliphatic heterocycles. The number of rotatable bonds is 8. The molecule has 0 aliphatic rings. The van der Waals surface area contributed by atoms with Gasteiger partial charge in [-0.3, -0.25) is 0 Å². The zero-order valence-electron chi connectivity index (χ0n) is 35.8. The second-order valence-electron chi connectivity index (χ2n) is 17.8. The zero-order valence-corrected chi connectivity index (χ0v) is 40.2. The van der Waals surface area contributed by atoms with E-state index >= 15 is 0 Å². The molecule has 2 aromatic heterocycles. The first-order valence-electron chi connectivity index (χ1n) is 20.9. The Balaban J connectivity index is 0.000000166. The Morgan fingerprint density at radius 3 is 1.07 bits per heavy atom. The molecule has 0 saturated carbocycles. The molecule has 61 heavy (non-hydrogen) atoms. The van der Waals surface area contributed by atoms with Crippen molar-refractivity contribution in [2.24, 2.45) is 0 Å². The number of furan rings is 2. The summed E-state index contributed by atoms with van der Waals surface area (Å²) in [5, 5.41) is 8.01. The fraction of sp³-hybridized carbons (Fsp3) is 0.107. The standard InChI is InChI=1S/2C28H25OSi.Zr/c2*1-30(2,3)24-14-12-20(13-15-24)25-11-7-10-22-18-23(19-26(22)25)28-17-16-27(29-28)21-8-5-4-6-9-21;/h2*4-19H,1-3H3;/q2*-1;+2. The fourth-order valence-corrected chi connectivity index (χ4v) is 10.4. The smallest absolute Gasteiger partial charge is 0.491 e. The molecular weight excluding hydrogens is 852 g/mol. The molecule has 0 saturated heterocycles. The second kappa shape index (κ2) is 17.4. The molecular formula is C56H50O2Si2Zr. The topological polar surface area (TPSA) is 26.3 Å². The second-order valence-corrected chi connectivity index (χ2v) is 28.0. The van der Waals surface area contributed by atoms with Crippen molar-refractivity contribution in [3.63, 3.8) is 0 Å². The first kappa shape index (κ1) is 42.1. The van der Waals surface area contributed by atoms with Gasteiger partial charge in [0, 0.05) is 11.1 Å². The van der Waals surface area contributed by atoms with E-state index in [1.807, 2.05) is 36.4 Å². The van der Waals surface area contributed by atoms with Crippen LogP contribution in [0.5, 0.6) is 0 Å². The van der Waals surface area contributed by atoms with E-state index in [0.29, 0.717) is 0 Å². The average Bonchev–Trinajstić information content (AvgIpc) is 4.10. The zero-order chi connectivity index (χ0) is 41.4. The fourth-order valence-electron chi connectivity index (χ4n) is 8.06. The third kappa shape index (κ3) is 9.07. The van der Waals surface area contributed by atoms with Crippen LogP contribution in [0, 0.1) is 0 Å². The molecule has 0 spiro atoms. The van der Waals surface area contributed by atoms with E-state index in [4.69, 9.17) is 8.83 Å². The summed E-state index contributed by atoms with van der Waals surface area (Å²) in [6.45, 7) is 14.3. The summed E-state index contributed by atoms with van der Waals surface area (Å²) in [7, 11) is -2.58. The summed E-state index contributed by atoms with van der Waals surface area (Å²) in [5.41, 5.74) is 9.53. The number of fused-ring (bicyclic) bond motifs is 2. The Morgan fingerprint density at radius 2 is 0.705 bits per heavy atom. The van der Waals surface area contributed by atoms with Crippen molar-refractivity contribution in [1.82, 2.24) is 0 Å². The summed E-state index contributed by atoms with van der Waals surface area (Å²) in [5.74, 6) is 3.62. The molecule has 0 amide bonds. The Labute approximate surface area is 381 Å². The molecule has 298 valence electrons. The van der Waals surface area contributed by atoms with Crippen molar-refractivity contribution in [3.8, 4) is 67.5 Å². The minimum atomic E-state index is -1.29. The Bertz CT molecular complexity index is 2810. The van der Waals surface area contributed by atoms with Crippen molar-refractivity contribution >= 4 is 48.1 Å². The van der Waals surface area contributed by atoms with Crippen molar-refractivity contribution in [3.05, 3.63) is 194 Å². The maximum Gasteiger partial charge on any atom is 2.00 e. The maximum absolute atomic E-state index is 6.19. The van der Waals surface area contributed by atoms with Crippen LogP contribution in [0.1, 0.15) is 0 Å². The van der Waals surface area contributed by atoms with E-state index < -0.39 is 16.1 Å². The van der Waals surface area contributed by atoms with E-state index in [-0.39, 0.29) is 26.2 Å². The molecule has 0 fully saturated rings. The van der Waals surface area contributed by atoms with Gasteiger partial charge in [0.2, 0.25) is 0 Å². The Kier molecular flexibility index (Phi) is 12.0. The van der Waals surface area contributed by atoms with Crippen LogP contribution in [0.25, 0.3) is 89.1 Å². The molecule has 0 unspecified atom stereocenters. The molecule has 0 radical (unpaired) electrons. The van der Waals surface area contributed by atoms with Gasteiger partial charge in [-0.25, -0.2) is 0 Å². The van der Waals surface area contributed by atoms with Crippen LogP contribution >= 0.6 is 0 Å². The van der Waals surface area contributed by atoms with Gasteiger partial charge >= 0.3 is 26.2 Å². The van der Waals surface area contributed by atoms with Gasteiger partial charge < -0.3 is 8.83 Å². The van der Waals surface area contributed by atoms with Gasteiger partial charge in [-0.15, -0.1) is 57.9 Å². The Morgan fingerprint density at radius 1 is 0.344 bits per heavy atom. The van der Waals surface area contributed by atoms with Gasteiger partial charge in [-0.05, 0) is 35.4 Å². The number of hydrogen-bond acceptors (Lipinski definition) is 2. The van der Waals surface area contributed by atoms with Crippen LogP contribution < -0.4 is 10.4 Å². The summed E-state index contributed by atoms with van der Waals surface area (Å²) >= 11 is 0. The summed E-state index contributed by atoms with van der Waals surface area (Å²) < 4.78 is 12.4. The largest absolute Gasteiger partial charge is 2.00 e. The minimum Gasteiger partial charge on any atom is -0.491 e. The molecule has 8 aromatic carbocycles. The van der Waals surface area contributed by atoms with Crippen LogP contribution in [-0.4, -0.2) is 16.1 Å². The van der Waals surface area contributed by atoms with Crippen molar-refractivity contribution in [1.29, 1.82) is 0 Å². The van der Waals surface area contributed by atoms with Crippen LogP contribution in [0.3, 0.4) is 0 Å². The van der Waals surface area contributed by atoms with Crippen molar-refractivity contribution < 1.29 is 35.0 Å². The first-order chi connectivity index (χ1) is 29.0. The molecule has 0 atom stereocenters. The van der Waals surface area contributed by atoms with Gasteiger partial charge in [-0.1, -0.05) is 205 Å². The molecule has 0 aliphatic carbocycles. The number of hydrogen-bond donors (Lipinski definition) is 0.